The van der Waals surface area contributed by atoms with Crippen molar-refractivity contribution in [2.24, 2.45) is 0 Å². The molecular weight excluding hydrogens is 728 g/mol. The highest BCUT2D eigenvalue weighted by atomic mass is 16.6. The van der Waals surface area contributed by atoms with E-state index in [9.17, 15) is 34.9 Å². The maximum Gasteiger partial charge on any atom is 0.373 e. The summed E-state index contributed by atoms with van der Waals surface area (Å²) in [7, 11) is 0. The molecule has 56 heavy (non-hydrogen) atoms. The maximum absolute atomic E-state index is 13.2. The van der Waals surface area contributed by atoms with Crippen molar-refractivity contribution in [1.82, 2.24) is 9.80 Å². The van der Waals surface area contributed by atoms with Crippen LogP contribution in [0.1, 0.15) is 146 Å². The molecule has 0 unspecified atom stereocenters. The van der Waals surface area contributed by atoms with Crippen molar-refractivity contribution in [1.29, 1.82) is 0 Å². The van der Waals surface area contributed by atoms with Crippen LogP contribution in [0.2, 0.25) is 0 Å². The van der Waals surface area contributed by atoms with E-state index < -0.39 is 26.9 Å². The first-order chi connectivity index (χ1) is 26.5. The molecule has 0 aromatic heterocycles. The fourth-order valence-electron chi connectivity index (χ4n) is 7.00. The van der Waals surface area contributed by atoms with Crippen LogP contribution >= 0.6 is 0 Å². The maximum atomic E-state index is 13.2. The summed E-state index contributed by atoms with van der Waals surface area (Å²) in [4.78, 5) is 83.7. The van der Waals surface area contributed by atoms with Gasteiger partial charge in [-0.3, -0.25) is 29.8 Å². The Bertz CT molecular complexity index is 1660. The van der Waals surface area contributed by atoms with Crippen molar-refractivity contribution in [2.45, 2.75) is 155 Å². The van der Waals surface area contributed by atoms with Crippen LogP contribution in [0, 0.1) is 20.2 Å². The van der Waals surface area contributed by atoms with E-state index in [1.165, 1.54) is 31.0 Å². The quantitative estimate of drug-likeness (QED) is 0.159. The lowest BCUT2D eigenvalue weighted by atomic mass is 9.92. The summed E-state index contributed by atoms with van der Waals surface area (Å²) < 4.78 is 5.99. The van der Waals surface area contributed by atoms with Crippen LogP contribution in [0.25, 0.3) is 0 Å². The van der Waals surface area contributed by atoms with Gasteiger partial charge in [-0.15, -0.1) is 0 Å². The molecule has 16 heteroatoms. The fraction of sp³-hybridized carbons (Fsp3) is 0.600. The standard InChI is InChI=1S/C22H34N2O4.C16H22N2O4.2CO2/c1-6-22(5,7-2)28-20-14-13-17(15-19(20)24(26)27)21(25)23(16(3)4)18-11-9-8-10-12-18;1-11(2)17(13-6-4-3-5-7-13)16(20)12-8-9-15(19)14(10-12)18(21)22;2*2-1-3/h13-16,18H,6-12H2,1-5H3;8-11,13,19H,3-7H2,1-2H3;;. The molecule has 1 N–H and O–H groups in total. The Kier molecular flexibility index (Phi) is 20.9. The number of carbonyl (C=O) groups is 2. The van der Waals surface area contributed by atoms with Crippen LogP contribution in [-0.4, -0.2) is 78.6 Å². The summed E-state index contributed by atoms with van der Waals surface area (Å²) in [5.74, 6) is -0.535. The average Bonchev–Trinajstić information content (AvgIpc) is 3.16. The van der Waals surface area contributed by atoms with E-state index in [1.807, 2.05) is 58.3 Å². The summed E-state index contributed by atoms with van der Waals surface area (Å²) in [5.41, 5.74) is -0.441. The third-order valence-electron chi connectivity index (χ3n) is 10.2. The Morgan fingerprint density at radius 3 is 1.43 bits per heavy atom. The molecule has 0 aliphatic heterocycles. The van der Waals surface area contributed by atoms with Crippen LogP contribution in [0.5, 0.6) is 11.5 Å². The molecule has 0 saturated heterocycles. The lowest BCUT2D eigenvalue weighted by molar-refractivity contribution is -0.386. The van der Waals surface area contributed by atoms with Gasteiger partial charge >= 0.3 is 23.7 Å². The molecule has 0 heterocycles. The topological polar surface area (TPSA) is 225 Å². The Morgan fingerprint density at radius 2 is 1.09 bits per heavy atom. The van der Waals surface area contributed by atoms with E-state index in [4.69, 9.17) is 23.9 Å². The first kappa shape index (κ1) is 48.6. The van der Waals surface area contributed by atoms with Gasteiger partial charge < -0.3 is 19.6 Å². The van der Waals surface area contributed by atoms with Gasteiger partial charge in [-0.2, -0.15) is 19.2 Å². The number of carbonyl (C=O) groups excluding carboxylic acids is 6. The summed E-state index contributed by atoms with van der Waals surface area (Å²) in [5, 5.41) is 32.1. The molecule has 2 aromatic rings. The molecule has 308 valence electrons. The molecule has 2 fully saturated rings. The van der Waals surface area contributed by atoms with Gasteiger partial charge in [-0.1, -0.05) is 52.4 Å². The zero-order valence-electron chi connectivity index (χ0n) is 33.5. The minimum Gasteiger partial charge on any atom is -0.502 e. The Balaban J connectivity index is 0.000000501. The second-order valence-corrected chi connectivity index (χ2v) is 14.5. The minimum absolute atomic E-state index is 0.0310. The highest BCUT2D eigenvalue weighted by molar-refractivity contribution is 5.96. The van der Waals surface area contributed by atoms with Crippen LogP contribution in [0.15, 0.2) is 36.4 Å². The van der Waals surface area contributed by atoms with Crippen LogP contribution in [0.4, 0.5) is 11.4 Å². The Labute approximate surface area is 327 Å². The van der Waals surface area contributed by atoms with Crippen LogP contribution in [-0.2, 0) is 19.2 Å². The highest BCUT2D eigenvalue weighted by Gasteiger charge is 2.32. The Morgan fingerprint density at radius 1 is 0.732 bits per heavy atom. The molecular formula is C40H56N4O12. The Hall–Kier alpha value is -5.46. The minimum atomic E-state index is -0.674. The third kappa shape index (κ3) is 14.3. The number of rotatable bonds is 12. The molecule has 0 bridgehead atoms. The molecule has 2 aliphatic carbocycles. The summed E-state index contributed by atoms with van der Waals surface area (Å²) in [6.07, 6.45) is 12.8. The molecule has 2 amide bonds. The average molecular weight is 785 g/mol. The fourth-order valence-corrected chi connectivity index (χ4v) is 7.00. The second-order valence-electron chi connectivity index (χ2n) is 14.5. The van der Waals surface area contributed by atoms with Crippen molar-refractivity contribution < 1.29 is 48.5 Å². The van der Waals surface area contributed by atoms with Gasteiger partial charge in [0.25, 0.3) is 11.8 Å². The van der Waals surface area contributed by atoms with Gasteiger partial charge in [0, 0.05) is 47.4 Å². The largest absolute Gasteiger partial charge is 0.502 e. The van der Waals surface area contributed by atoms with Crippen molar-refractivity contribution in [3.63, 3.8) is 0 Å². The highest BCUT2D eigenvalue weighted by Crippen LogP contribution is 2.35. The predicted molar refractivity (Wildman–Crippen MR) is 204 cm³/mol. The number of hydrogen-bond donors (Lipinski definition) is 1. The van der Waals surface area contributed by atoms with Gasteiger partial charge in [0.1, 0.15) is 5.60 Å². The number of amides is 2. The van der Waals surface area contributed by atoms with E-state index in [0.29, 0.717) is 5.56 Å². The van der Waals surface area contributed by atoms with Gasteiger partial charge in [-0.05, 0) is 97.4 Å². The van der Waals surface area contributed by atoms with Gasteiger partial charge in [-0.25, -0.2) is 0 Å². The predicted octanol–water partition coefficient (Wildman–Crippen LogP) is 8.05. The second kappa shape index (κ2) is 24.1. The normalized spacial score (nSPS) is 14.2. The molecule has 0 spiro atoms. The zero-order chi connectivity index (χ0) is 42.6. The van der Waals surface area contributed by atoms with Crippen LogP contribution in [0.3, 0.4) is 0 Å². The molecule has 0 atom stereocenters. The first-order valence-electron chi connectivity index (χ1n) is 19.1. The molecule has 2 aromatic carbocycles. The van der Waals surface area contributed by atoms with E-state index in [0.717, 1.165) is 70.3 Å². The van der Waals surface area contributed by atoms with Crippen molar-refractivity contribution in [2.75, 3.05) is 0 Å². The molecule has 2 aliphatic rings. The molecule has 0 radical (unpaired) electrons. The number of nitrogens with zero attached hydrogens (tertiary/aromatic N) is 4. The number of ether oxygens (including phenoxy) is 1. The first-order valence-corrected chi connectivity index (χ1v) is 19.1. The van der Waals surface area contributed by atoms with Gasteiger partial charge in [0.15, 0.2) is 11.5 Å². The summed E-state index contributed by atoms with van der Waals surface area (Å²) in [6, 6.07) is 8.92. The van der Waals surface area contributed by atoms with E-state index >= 15 is 0 Å². The SMILES string of the molecule is CC(C)N(C(=O)c1ccc(O)c([N+](=O)[O-])c1)C1CCCCC1.CCC(C)(CC)Oc1ccc(C(=O)N(C(C)C)C2CCCCC2)cc1[N+](=O)[O-].O=C=O.O=C=O. The number of benzene rings is 2. The number of aromatic hydroxyl groups is 1. The van der Waals surface area contributed by atoms with E-state index in [2.05, 4.69) is 0 Å². The lowest BCUT2D eigenvalue weighted by Crippen LogP contribution is -2.45. The number of phenols is 1. The van der Waals surface area contributed by atoms with Crippen molar-refractivity contribution in [3.05, 3.63) is 67.8 Å². The van der Waals surface area contributed by atoms with Crippen molar-refractivity contribution >= 4 is 35.5 Å². The van der Waals surface area contributed by atoms with Gasteiger partial charge in [0.05, 0.1) is 9.85 Å². The van der Waals surface area contributed by atoms with E-state index in [1.54, 1.807) is 12.1 Å². The van der Waals surface area contributed by atoms with E-state index in [-0.39, 0.29) is 65.3 Å². The molecule has 4 rings (SSSR count). The smallest absolute Gasteiger partial charge is 0.373 e. The van der Waals surface area contributed by atoms with Crippen LogP contribution < -0.4 is 4.74 Å². The molecule has 16 nitrogen and oxygen atoms in total. The monoisotopic (exact) mass is 784 g/mol. The van der Waals surface area contributed by atoms with Crippen molar-refractivity contribution in [3.8, 4) is 11.5 Å². The summed E-state index contributed by atoms with van der Waals surface area (Å²) >= 11 is 0. The third-order valence-corrected chi connectivity index (χ3v) is 10.2. The lowest BCUT2D eigenvalue weighted by Gasteiger charge is -2.37. The number of nitro benzene ring substituents is 2. The number of phenolic OH excluding ortho intramolecular Hbond substituents is 1. The number of nitro groups is 2. The summed E-state index contributed by atoms with van der Waals surface area (Å²) in [6.45, 7) is 13.9. The molecule has 2 saturated carbocycles. The number of hydrogen-bond acceptors (Lipinski definition) is 12. The zero-order valence-corrected chi connectivity index (χ0v) is 33.5. The van der Waals surface area contributed by atoms with Gasteiger partial charge in [0.2, 0.25) is 0 Å².